The first-order valence-electron chi connectivity index (χ1n) is 8.62. The Labute approximate surface area is 167 Å². The van der Waals surface area contributed by atoms with Crippen molar-refractivity contribution in [1.82, 2.24) is 16.0 Å². The lowest BCUT2D eigenvalue weighted by Crippen LogP contribution is -2.41. The minimum absolute atomic E-state index is 0. The Bertz CT molecular complexity index is 518. The first kappa shape index (κ1) is 23.5. The van der Waals surface area contributed by atoms with E-state index in [4.69, 9.17) is 0 Å². The molecule has 0 unspecified atom stereocenters. The topological polar surface area (TPSA) is 85.8 Å². The number of aromatic hydroxyl groups is 1. The van der Waals surface area contributed by atoms with Crippen LogP contribution in [0.15, 0.2) is 29.3 Å². The molecule has 25 heavy (non-hydrogen) atoms. The molecule has 0 saturated heterocycles. The molecule has 0 fully saturated rings. The second-order valence-corrected chi connectivity index (χ2v) is 6.03. The van der Waals surface area contributed by atoms with Gasteiger partial charge in [0.15, 0.2) is 5.96 Å². The van der Waals surface area contributed by atoms with E-state index in [0.29, 0.717) is 24.6 Å². The van der Waals surface area contributed by atoms with Crippen molar-refractivity contribution in [3.8, 4) is 5.75 Å². The molecule has 1 rings (SSSR count). The van der Waals surface area contributed by atoms with Crippen molar-refractivity contribution in [3.63, 3.8) is 0 Å². The molecular weight excluding hydrogens is 431 g/mol. The number of rotatable bonds is 9. The molecule has 1 amide bonds. The van der Waals surface area contributed by atoms with Gasteiger partial charge in [-0.1, -0.05) is 13.8 Å². The molecule has 1 aromatic rings. The zero-order valence-corrected chi connectivity index (χ0v) is 17.7. The monoisotopic (exact) mass is 462 g/mol. The lowest BCUT2D eigenvalue weighted by Gasteiger charge is -2.12. The molecule has 0 aliphatic heterocycles. The number of hydrogen-bond acceptors (Lipinski definition) is 3. The number of hydrogen-bond donors (Lipinski definition) is 4. The van der Waals surface area contributed by atoms with Crippen molar-refractivity contribution >= 4 is 35.8 Å². The number of carbonyl (C=O) groups is 1. The van der Waals surface area contributed by atoms with Crippen LogP contribution in [0.2, 0.25) is 0 Å². The van der Waals surface area contributed by atoms with E-state index >= 15 is 0 Å². The molecule has 0 aliphatic rings. The predicted octanol–water partition coefficient (Wildman–Crippen LogP) is 2.73. The van der Waals surface area contributed by atoms with E-state index in [1.54, 1.807) is 12.1 Å². The van der Waals surface area contributed by atoms with Gasteiger partial charge in [-0.25, -0.2) is 0 Å². The second kappa shape index (κ2) is 13.7. The zero-order valence-electron chi connectivity index (χ0n) is 15.3. The molecular formula is C18H31IN4O2. The molecule has 4 N–H and O–H groups in total. The Morgan fingerprint density at radius 1 is 1.12 bits per heavy atom. The van der Waals surface area contributed by atoms with Gasteiger partial charge in [0.05, 0.1) is 0 Å². The maximum Gasteiger partial charge on any atom is 0.251 e. The van der Waals surface area contributed by atoms with Crippen LogP contribution in [0.25, 0.3) is 0 Å². The second-order valence-electron chi connectivity index (χ2n) is 6.03. The van der Waals surface area contributed by atoms with Crippen LogP contribution in [-0.4, -0.2) is 43.2 Å². The summed E-state index contributed by atoms with van der Waals surface area (Å²) in [6, 6.07) is 6.19. The number of carbonyl (C=O) groups excluding carboxylic acids is 1. The number of nitrogens with one attached hydrogen (secondary N) is 3. The number of nitrogens with zero attached hydrogens (tertiary/aromatic N) is 1. The highest BCUT2D eigenvalue weighted by atomic mass is 127. The third kappa shape index (κ3) is 10.9. The van der Waals surface area contributed by atoms with E-state index in [9.17, 15) is 9.90 Å². The SMILES string of the molecule is CCNC(=NCCCC(C)C)NCCNC(=O)c1ccc(O)cc1.I. The highest BCUT2D eigenvalue weighted by molar-refractivity contribution is 14.0. The Morgan fingerprint density at radius 3 is 2.36 bits per heavy atom. The summed E-state index contributed by atoms with van der Waals surface area (Å²) >= 11 is 0. The smallest absolute Gasteiger partial charge is 0.251 e. The zero-order chi connectivity index (χ0) is 17.8. The summed E-state index contributed by atoms with van der Waals surface area (Å²) in [5.41, 5.74) is 0.530. The van der Waals surface area contributed by atoms with Gasteiger partial charge in [-0.3, -0.25) is 9.79 Å². The Morgan fingerprint density at radius 2 is 1.76 bits per heavy atom. The van der Waals surface area contributed by atoms with Crippen LogP contribution in [0.1, 0.15) is 44.0 Å². The largest absolute Gasteiger partial charge is 0.508 e. The van der Waals surface area contributed by atoms with Gasteiger partial charge in [0.1, 0.15) is 5.75 Å². The standard InChI is InChI=1S/C18H30N4O2.HI/c1-4-19-18(21-11-5-6-14(2)3)22-13-12-20-17(24)15-7-9-16(23)10-8-15;/h7-10,14,23H,4-6,11-13H2,1-3H3,(H,20,24)(H2,19,21,22);1H. The maximum absolute atomic E-state index is 11.9. The highest BCUT2D eigenvalue weighted by Gasteiger charge is 2.04. The van der Waals surface area contributed by atoms with Crippen LogP contribution in [-0.2, 0) is 0 Å². The fourth-order valence-corrected chi connectivity index (χ4v) is 2.10. The Hall–Kier alpha value is -1.51. The fraction of sp³-hybridized carbons (Fsp3) is 0.556. The average Bonchev–Trinajstić information content (AvgIpc) is 2.55. The summed E-state index contributed by atoms with van der Waals surface area (Å²) < 4.78 is 0. The Balaban J connectivity index is 0.00000576. The van der Waals surface area contributed by atoms with Gasteiger partial charge in [0, 0.05) is 31.7 Å². The molecule has 7 heteroatoms. The van der Waals surface area contributed by atoms with Crippen molar-refractivity contribution in [1.29, 1.82) is 0 Å². The molecule has 0 radical (unpaired) electrons. The predicted molar refractivity (Wildman–Crippen MR) is 114 cm³/mol. The molecule has 6 nitrogen and oxygen atoms in total. The summed E-state index contributed by atoms with van der Waals surface area (Å²) in [6.45, 7) is 9.14. The molecule has 142 valence electrons. The first-order chi connectivity index (χ1) is 11.5. The van der Waals surface area contributed by atoms with Gasteiger partial charge in [0.25, 0.3) is 5.91 Å². The van der Waals surface area contributed by atoms with Crippen LogP contribution in [0.4, 0.5) is 0 Å². The van der Waals surface area contributed by atoms with Crippen molar-refractivity contribution < 1.29 is 9.90 Å². The third-order valence-corrected chi connectivity index (χ3v) is 3.39. The summed E-state index contributed by atoms with van der Waals surface area (Å²) in [5.74, 6) is 1.47. The Kier molecular flexibility index (Phi) is 12.9. The van der Waals surface area contributed by atoms with Crippen LogP contribution in [0.5, 0.6) is 5.75 Å². The number of phenolic OH excluding ortho intramolecular Hbond substituents is 1. The van der Waals surface area contributed by atoms with Gasteiger partial charge in [0.2, 0.25) is 0 Å². The van der Waals surface area contributed by atoms with Crippen LogP contribution in [0, 0.1) is 5.92 Å². The van der Waals surface area contributed by atoms with E-state index < -0.39 is 0 Å². The normalized spacial score (nSPS) is 11.0. The summed E-state index contributed by atoms with van der Waals surface area (Å²) in [6.07, 6.45) is 2.25. The number of halogens is 1. The number of amides is 1. The summed E-state index contributed by atoms with van der Waals surface area (Å²) in [4.78, 5) is 16.5. The van der Waals surface area contributed by atoms with Gasteiger partial charge in [-0.05, 0) is 49.9 Å². The van der Waals surface area contributed by atoms with E-state index in [-0.39, 0.29) is 35.6 Å². The quantitative estimate of drug-likeness (QED) is 0.197. The fourth-order valence-electron chi connectivity index (χ4n) is 2.10. The molecule has 0 spiro atoms. The van der Waals surface area contributed by atoms with Crippen LogP contribution in [0.3, 0.4) is 0 Å². The highest BCUT2D eigenvalue weighted by Crippen LogP contribution is 2.09. The molecule has 0 aromatic heterocycles. The first-order valence-corrected chi connectivity index (χ1v) is 8.62. The van der Waals surface area contributed by atoms with Gasteiger partial charge < -0.3 is 21.1 Å². The molecule has 1 aromatic carbocycles. The van der Waals surface area contributed by atoms with Gasteiger partial charge in [-0.15, -0.1) is 24.0 Å². The van der Waals surface area contributed by atoms with Crippen molar-refractivity contribution in [2.75, 3.05) is 26.2 Å². The number of guanidine groups is 1. The number of phenols is 1. The van der Waals surface area contributed by atoms with E-state index in [0.717, 1.165) is 25.5 Å². The van der Waals surface area contributed by atoms with Crippen molar-refractivity contribution in [2.24, 2.45) is 10.9 Å². The molecule has 0 bridgehead atoms. The van der Waals surface area contributed by atoms with Crippen LogP contribution >= 0.6 is 24.0 Å². The summed E-state index contributed by atoms with van der Waals surface area (Å²) in [7, 11) is 0. The number of aliphatic imine (C=N–C) groups is 1. The molecule has 0 aliphatic carbocycles. The minimum atomic E-state index is -0.157. The van der Waals surface area contributed by atoms with E-state index in [1.807, 2.05) is 6.92 Å². The summed E-state index contributed by atoms with van der Waals surface area (Å²) in [5, 5.41) is 18.5. The lowest BCUT2D eigenvalue weighted by molar-refractivity contribution is 0.0954. The van der Waals surface area contributed by atoms with Crippen molar-refractivity contribution in [2.45, 2.75) is 33.6 Å². The molecule has 0 heterocycles. The van der Waals surface area contributed by atoms with Gasteiger partial charge >= 0.3 is 0 Å². The van der Waals surface area contributed by atoms with E-state index in [2.05, 4.69) is 34.8 Å². The maximum atomic E-state index is 11.9. The lowest BCUT2D eigenvalue weighted by atomic mass is 10.1. The minimum Gasteiger partial charge on any atom is -0.508 e. The molecule has 0 atom stereocenters. The van der Waals surface area contributed by atoms with Gasteiger partial charge in [-0.2, -0.15) is 0 Å². The van der Waals surface area contributed by atoms with Crippen molar-refractivity contribution in [3.05, 3.63) is 29.8 Å². The van der Waals surface area contributed by atoms with E-state index in [1.165, 1.54) is 18.6 Å². The average molecular weight is 462 g/mol. The molecule has 0 saturated carbocycles. The number of benzene rings is 1. The van der Waals surface area contributed by atoms with Crippen LogP contribution < -0.4 is 16.0 Å². The third-order valence-electron chi connectivity index (χ3n) is 3.39.